The molecule has 1 aromatic heterocycles. The zero-order valence-corrected chi connectivity index (χ0v) is 19.0. The van der Waals surface area contributed by atoms with Crippen LogP contribution in [0.5, 0.6) is 5.75 Å². The average Bonchev–Trinajstić information content (AvgIpc) is 2.74. The van der Waals surface area contributed by atoms with Crippen LogP contribution in [0, 0.1) is 11.7 Å². The average molecular weight is 456 g/mol. The molecule has 0 atom stereocenters. The normalized spacial score (nSPS) is 14.3. The molecular formula is C24H26FN3O3S. The summed E-state index contributed by atoms with van der Waals surface area (Å²) in [6.45, 7) is 4.10. The van der Waals surface area contributed by atoms with Crippen LogP contribution in [0.2, 0.25) is 0 Å². The molecule has 0 radical (unpaired) electrons. The molecule has 0 N–H and O–H groups in total. The third-order valence-electron chi connectivity index (χ3n) is 5.49. The minimum Gasteiger partial charge on any atom is -0.490 e. The third kappa shape index (κ3) is 5.07. The molecule has 1 saturated heterocycles. The number of hydrogen-bond acceptors (Lipinski definition) is 6. The van der Waals surface area contributed by atoms with Crippen LogP contribution in [0.15, 0.2) is 59.8 Å². The molecule has 8 heteroatoms. The Kier molecular flexibility index (Phi) is 6.41. The molecule has 0 saturated carbocycles. The molecule has 0 aliphatic carbocycles. The van der Waals surface area contributed by atoms with Gasteiger partial charge in [0.25, 0.3) is 0 Å². The highest BCUT2D eigenvalue weighted by atomic mass is 32.2. The van der Waals surface area contributed by atoms with Crippen LogP contribution in [0.4, 0.5) is 10.3 Å². The van der Waals surface area contributed by atoms with E-state index in [0.717, 1.165) is 49.3 Å². The Hall–Kier alpha value is -3.00. The minimum absolute atomic E-state index is 0.208. The molecule has 0 spiro atoms. The highest BCUT2D eigenvalue weighted by molar-refractivity contribution is 7.90. The van der Waals surface area contributed by atoms with Crippen molar-refractivity contribution in [2.24, 2.45) is 5.92 Å². The summed E-state index contributed by atoms with van der Waals surface area (Å²) in [7, 11) is -3.26. The maximum atomic E-state index is 14.6. The highest BCUT2D eigenvalue weighted by Crippen LogP contribution is 2.28. The SMILES string of the molecule is CCCc1cnc(N2CC(COc3ccc(-c4ccc(S(C)(=O)=O)cc4)cc3F)C2)nc1. The first-order valence-electron chi connectivity index (χ1n) is 10.6. The van der Waals surface area contributed by atoms with Crippen molar-refractivity contribution < 1.29 is 17.5 Å². The fourth-order valence-corrected chi connectivity index (χ4v) is 4.30. The number of rotatable bonds is 8. The van der Waals surface area contributed by atoms with E-state index < -0.39 is 15.7 Å². The van der Waals surface area contributed by atoms with Gasteiger partial charge in [0, 0.05) is 37.7 Å². The van der Waals surface area contributed by atoms with Crippen molar-refractivity contribution in [3.8, 4) is 16.9 Å². The third-order valence-corrected chi connectivity index (χ3v) is 6.62. The van der Waals surface area contributed by atoms with Gasteiger partial charge >= 0.3 is 0 Å². The van der Waals surface area contributed by atoms with Gasteiger partial charge in [-0.25, -0.2) is 22.8 Å². The van der Waals surface area contributed by atoms with E-state index in [1.807, 2.05) is 12.4 Å². The number of aromatic nitrogens is 2. The van der Waals surface area contributed by atoms with Gasteiger partial charge < -0.3 is 9.64 Å². The molecule has 1 aliphatic heterocycles. The van der Waals surface area contributed by atoms with E-state index in [-0.39, 0.29) is 16.6 Å². The number of hydrogen-bond donors (Lipinski definition) is 0. The quantitative estimate of drug-likeness (QED) is 0.508. The zero-order valence-electron chi connectivity index (χ0n) is 18.2. The summed E-state index contributed by atoms with van der Waals surface area (Å²) in [5, 5.41) is 0. The molecule has 2 aromatic carbocycles. The van der Waals surface area contributed by atoms with Crippen molar-refractivity contribution >= 4 is 15.8 Å². The van der Waals surface area contributed by atoms with Gasteiger partial charge in [0.05, 0.1) is 11.5 Å². The van der Waals surface area contributed by atoms with Crippen molar-refractivity contribution in [3.05, 3.63) is 66.2 Å². The van der Waals surface area contributed by atoms with Gasteiger partial charge in [-0.3, -0.25) is 0 Å². The second kappa shape index (κ2) is 9.24. The number of aryl methyl sites for hydroxylation is 1. The van der Waals surface area contributed by atoms with E-state index >= 15 is 0 Å². The zero-order chi connectivity index (χ0) is 22.7. The number of sulfone groups is 1. The van der Waals surface area contributed by atoms with Crippen LogP contribution in [0.1, 0.15) is 18.9 Å². The van der Waals surface area contributed by atoms with E-state index in [0.29, 0.717) is 12.2 Å². The Morgan fingerprint density at radius 3 is 2.31 bits per heavy atom. The Labute approximate surface area is 188 Å². The largest absolute Gasteiger partial charge is 0.490 e. The summed E-state index contributed by atoms with van der Waals surface area (Å²) >= 11 is 0. The lowest BCUT2D eigenvalue weighted by Gasteiger charge is -2.38. The van der Waals surface area contributed by atoms with Gasteiger partial charge in [0.2, 0.25) is 5.95 Å². The first-order valence-corrected chi connectivity index (χ1v) is 12.5. The minimum atomic E-state index is -3.26. The summed E-state index contributed by atoms with van der Waals surface area (Å²) in [6.07, 6.45) is 6.96. The molecule has 2 heterocycles. The van der Waals surface area contributed by atoms with Crippen LogP contribution in [-0.4, -0.2) is 44.3 Å². The highest BCUT2D eigenvalue weighted by Gasteiger charge is 2.29. The fraction of sp³-hybridized carbons (Fsp3) is 0.333. The number of anilines is 1. The molecule has 168 valence electrons. The molecule has 0 unspecified atom stereocenters. The van der Waals surface area contributed by atoms with Crippen LogP contribution < -0.4 is 9.64 Å². The van der Waals surface area contributed by atoms with Crippen LogP contribution in [0.25, 0.3) is 11.1 Å². The lowest BCUT2D eigenvalue weighted by Crippen LogP contribution is -2.50. The Bertz CT molecular complexity index is 1180. The molecule has 1 fully saturated rings. The molecule has 4 rings (SSSR count). The summed E-state index contributed by atoms with van der Waals surface area (Å²) in [5.41, 5.74) is 2.54. The Morgan fingerprint density at radius 2 is 1.72 bits per heavy atom. The molecule has 0 amide bonds. The molecule has 32 heavy (non-hydrogen) atoms. The lowest BCUT2D eigenvalue weighted by atomic mass is 10.0. The van der Waals surface area contributed by atoms with Gasteiger partial charge in [0.15, 0.2) is 21.4 Å². The smallest absolute Gasteiger partial charge is 0.225 e. The predicted octanol–water partition coefficient (Wildman–Crippen LogP) is 4.15. The van der Waals surface area contributed by atoms with Gasteiger partial charge in [0.1, 0.15) is 0 Å². The molecular weight excluding hydrogens is 429 g/mol. The second-order valence-electron chi connectivity index (χ2n) is 8.17. The van der Waals surface area contributed by atoms with Gasteiger partial charge in [-0.1, -0.05) is 31.5 Å². The second-order valence-corrected chi connectivity index (χ2v) is 10.2. The summed E-state index contributed by atoms with van der Waals surface area (Å²) < 4.78 is 43.5. The summed E-state index contributed by atoms with van der Waals surface area (Å²) in [4.78, 5) is 11.2. The lowest BCUT2D eigenvalue weighted by molar-refractivity contribution is 0.212. The van der Waals surface area contributed by atoms with Crippen LogP contribution >= 0.6 is 0 Å². The summed E-state index contributed by atoms with van der Waals surface area (Å²) in [6, 6.07) is 11.2. The van der Waals surface area contributed by atoms with E-state index in [1.165, 1.54) is 18.2 Å². The fourth-order valence-electron chi connectivity index (χ4n) is 3.67. The molecule has 1 aliphatic rings. The summed E-state index contributed by atoms with van der Waals surface area (Å²) in [5.74, 6) is 0.774. The number of halogens is 1. The molecule has 0 bridgehead atoms. The van der Waals surface area contributed by atoms with Crippen molar-refractivity contribution in [2.75, 3.05) is 30.9 Å². The van der Waals surface area contributed by atoms with Crippen molar-refractivity contribution in [1.82, 2.24) is 9.97 Å². The van der Waals surface area contributed by atoms with Crippen molar-refractivity contribution in [2.45, 2.75) is 24.7 Å². The van der Waals surface area contributed by atoms with Crippen LogP contribution in [0.3, 0.4) is 0 Å². The number of nitrogens with zero attached hydrogens (tertiary/aromatic N) is 3. The standard InChI is InChI=1S/C24H26FN3O3S/c1-3-4-17-12-26-24(27-13-17)28-14-18(15-28)16-31-23-10-7-20(11-22(23)25)19-5-8-21(9-6-19)32(2,29)30/h5-13,18H,3-4,14-16H2,1-2H3. The van der Waals surface area contributed by atoms with Gasteiger partial charge in [-0.15, -0.1) is 0 Å². The Morgan fingerprint density at radius 1 is 1.06 bits per heavy atom. The first kappa shape index (κ1) is 22.2. The monoisotopic (exact) mass is 455 g/mol. The first-order chi connectivity index (χ1) is 15.3. The molecule has 6 nitrogen and oxygen atoms in total. The predicted molar refractivity (Wildman–Crippen MR) is 122 cm³/mol. The van der Waals surface area contributed by atoms with Crippen LogP contribution in [-0.2, 0) is 16.3 Å². The topological polar surface area (TPSA) is 72.4 Å². The van der Waals surface area contributed by atoms with Crippen molar-refractivity contribution in [1.29, 1.82) is 0 Å². The van der Waals surface area contributed by atoms with Gasteiger partial charge in [-0.2, -0.15) is 0 Å². The van der Waals surface area contributed by atoms with Gasteiger partial charge in [-0.05, 0) is 47.4 Å². The maximum absolute atomic E-state index is 14.6. The number of benzene rings is 2. The van der Waals surface area contributed by atoms with E-state index in [1.54, 1.807) is 24.3 Å². The molecule has 3 aromatic rings. The van der Waals surface area contributed by atoms with E-state index in [4.69, 9.17) is 4.74 Å². The van der Waals surface area contributed by atoms with Crippen molar-refractivity contribution in [3.63, 3.8) is 0 Å². The number of ether oxygens (including phenoxy) is 1. The van der Waals surface area contributed by atoms with E-state index in [9.17, 15) is 12.8 Å². The van der Waals surface area contributed by atoms with E-state index in [2.05, 4.69) is 21.8 Å². The Balaban J connectivity index is 1.31. The maximum Gasteiger partial charge on any atom is 0.225 e.